The van der Waals surface area contributed by atoms with E-state index in [0.29, 0.717) is 23.4 Å². The van der Waals surface area contributed by atoms with E-state index in [0.717, 1.165) is 29.2 Å². The molecule has 2 aliphatic rings. The highest BCUT2D eigenvalue weighted by molar-refractivity contribution is 6.07. The summed E-state index contributed by atoms with van der Waals surface area (Å²) in [6.45, 7) is 5.95. The van der Waals surface area contributed by atoms with E-state index in [-0.39, 0.29) is 29.4 Å². The lowest BCUT2D eigenvalue weighted by molar-refractivity contribution is -0.170. The van der Waals surface area contributed by atoms with Crippen LogP contribution in [0, 0.1) is 0 Å². The van der Waals surface area contributed by atoms with Gasteiger partial charge in [-0.25, -0.2) is 0 Å². The minimum atomic E-state index is -5.13. The number of benzene rings is 3. The summed E-state index contributed by atoms with van der Waals surface area (Å²) in [5.74, 6) is -2.44. The quantitative estimate of drug-likeness (QED) is 0.384. The fourth-order valence-electron chi connectivity index (χ4n) is 5.68. The maximum atomic E-state index is 14.0. The maximum absolute atomic E-state index is 14.0. The van der Waals surface area contributed by atoms with Crippen molar-refractivity contribution in [1.29, 1.82) is 0 Å². The number of halogens is 3. The van der Waals surface area contributed by atoms with Crippen molar-refractivity contribution in [2.45, 2.75) is 44.8 Å². The van der Waals surface area contributed by atoms with E-state index in [2.05, 4.69) is 24.1 Å². The minimum absolute atomic E-state index is 0.0796. The standard InChI is InChI=1S/C31H30F3N3O2/c1-3-36(4-2)23-16-14-20(15-17-23)22-18-25-28(27(38)19-22)29(21-10-6-5-7-11-21)37(30(39)31(32,33)34)26-13-9-8-12-24(26)35-25/h5-17,22,29,35H,3-4,18-19H2,1-2H3/t22-,29-/m0/s1. The molecule has 0 unspecified atom stereocenters. The van der Waals surface area contributed by atoms with Crippen LogP contribution in [0.3, 0.4) is 0 Å². The van der Waals surface area contributed by atoms with Crippen molar-refractivity contribution in [3.8, 4) is 0 Å². The molecule has 0 fully saturated rings. The molecular weight excluding hydrogens is 503 g/mol. The van der Waals surface area contributed by atoms with Crippen molar-refractivity contribution in [3.63, 3.8) is 0 Å². The highest BCUT2D eigenvalue weighted by atomic mass is 19.4. The van der Waals surface area contributed by atoms with Crippen LogP contribution in [0.4, 0.5) is 30.2 Å². The predicted octanol–water partition coefficient (Wildman–Crippen LogP) is 7.00. The maximum Gasteiger partial charge on any atom is 0.471 e. The second-order valence-electron chi connectivity index (χ2n) is 9.81. The van der Waals surface area contributed by atoms with Crippen LogP contribution in [0.15, 0.2) is 90.1 Å². The van der Waals surface area contributed by atoms with Crippen LogP contribution in [-0.2, 0) is 9.59 Å². The summed E-state index contributed by atoms with van der Waals surface area (Å²) in [6, 6.07) is 21.8. The van der Waals surface area contributed by atoms with Gasteiger partial charge in [-0.2, -0.15) is 13.2 Å². The molecule has 0 saturated heterocycles. The number of ketones is 1. The lowest BCUT2D eigenvalue weighted by Gasteiger charge is -2.35. The average molecular weight is 534 g/mol. The van der Waals surface area contributed by atoms with Crippen LogP contribution < -0.4 is 15.1 Å². The first-order chi connectivity index (χ1) is 18.7. The Morgan fingerprint density at radius 1 is 0.897 bits per heavy atom. The third-order valence-electron chi connectivity index (χ3n) is 7.56. The first-order valence-electron chi connectivity index (χ1n) is 13.1. The van der Waals surface area contributed by atoms with Crippen LogP contribution in [0.25, 0.3) is 0 Å². The Kier molecular flexibility index (Phi) is 7.21. The van der Waals surface area contributed by atoms with E-state index in [1.165, 1.54) is 6.07 Å². The Morgan fingerprint density at radius 3 is 2.18 bits per heavy atom. The van der Waals surface area contributed by atoms with Gasteiger partial charge in [0.2, 0.25) is 0 Å². The number of hydrogen-bond donors (Lipinski definition) is 1. The van der Waals surface area contributed by atoms with Crippen molar-refractivity contribution in [3.05, 3.63) is 101 Å². The van der Waals surface area contributed by atoms with Crippen molar-refractivity contribution < 1.29 is 22.8 Å². The number of para-hydroxylation sites is 2. The fourth-order valence-corrected chi connectivity index (χ4v) is 5.68. The Morgan fingerprint density at radius 2 is 1.54 bits per heavy atom. The third-order valence-corrected chi connectivity index (χ3v) is 7.56. The molecule has 0 aromatic heterocycles. The second kappa shape index (κ2) is 10.6. The molecule has 0 radical (unpaired) electrons. The van der Waals surface area contributed by atoms with Crippen molar-refractivity contribution in [1.82, 2.24) is 0 Å². The Balaban J connectivity index is 1.63. The number of fused-ring (bicyclic) bond motifs is 1. The number of amides is 1. The van der Waals surface area contributed by atoms with Crippen LogP contribution in [0.2, 0.25) is 0 Å². The van der Waals surface area contributed by atoms with Gasteiger partial charge in [-0.3, -0.25) is 14.5 Å². The number of anilines is 3. The molecule has 0 spiro atoms. The molecule has 8 heteroatoms. The summed E-state index contributed by atoms with van der Waals surface area (Å²) in [6.07, 6.45) is -4.56. The van der Waals surface area contributed by atoms with Gasteiger partial charge in [0.25, 0.3) is 0 Å². The van der Waals surface area contributed by atoms with E-state index in [4.69, 9.17) is 0 Å². The summed E-state index contributed by atoms with van der Waals surface area (Å²) in [7, 11) is 0. The van der Waals surface area contributed by atoms with Gasteiger partial charge < -0.3 is 10.2 Å². The molecule has 1 N–H and O–H groups in total. The molecular formula is C31H30F3N3O2. The highest BCUT2D eigenvalue weighted by Gasteiger charge is 2.49. The molecule has 1 aliphatic carbocycles. The number of hydrogen-bond acceptors (Lipinski definition) is 4. The van der Waals surface area contributed by atoms with Gasteiger partial charge in [0, 0.05) is 36.5 Å². The number of nitrogens with one attached hydrogen (secondary N) is 1. The van der Waals surface area contributed by atoms with Gasteiger partial charge in [0.1, 0.15) is 0 Å². The summed E-state index contributed by atoms with van der Waals surface area (Å²) in [5, 5.41) is 3.26. The van der Waals surface area contributed by atoms with Gasteiger partial charge in [0.15, 0.2) is 5.78 Å². The number of carbonyl (C=O) groups excluding carboxylic acids is 2. The molecule has 5 nitrogen and oxygen atoms in total. The number of alkyl halides is 3. The number of nitrogens with zero attached hydrogens (tertiary/aromatic N) is 2. The van der Waals surface area contributed by atoms with E-state index >= 15 is 0 Å². The SMILES string of the molecule is CCN(CC)c1ccc([C@@H]2CC(=O)C3=C(C2)Nc2ccccc2N(C(=O)C(F)(F)F)[C@H]3c2ccccc2)cc1. The number of Topliss-reactive ketones (excluding diaryl/α,β-unsaturated/α-hetero) is 1. The molecule has 1 aliphatic heterocycles. The Labute approximate surface area is 225 Å². The molecule has 1 heterocycles. The minimum Gasteiger partial charge on any atom is -0.372 e. The monoisotopic (exact) mass is 533 g/mol. The molecule has 5 rings (SSSR count). The summed E-state index contributed by atoms with van der Waals surface area (Å²) in [5.41, 5.74) is 3.70. The lowest BCUT2D eigenvalue weighted by Crippen LogP contribution is -2.45. The van der Waals surface area contributed by atoms with E-state index < -0.39 is 18.1 Å². The summed E-state index contributed by atoms with van der Waals surface area (Å²) in [4.78, 5) is 29.8. The van der Waals surface area contributed by atoms with E-state index in [1.54, 1.807) is 48.5 Å². The van der Waals surface area contributed by atoms with Crippen LogP contribution in [0.1, 0.15) is 49.8 Å². The normalized spacial score (nSPS) is 19.1. The molecule has 1 amide bonds. The molecule has 3 aromatic rings. The Hall–Kier alpha value is -4.07. The van der Waals surface area contributed by atoms with Crippen LogP contribution >= 0.6 is 0 Å². The van der Waals surface area contributed by atoms with Crippen molar-refractivity contribution >= 4 is 28.8 Å². The number of allylic oxidation sites excluding steroid dienone is 1. The lowest BCUT2D eigenvalue weighted by atomic mass is 9.78. The van der Waals surface area contributed by atoms with Crippen molar-refractivity contribution in [2.75, 3.05) is 28.2 Å². The zero-order chi connectivity index (χ0) is 27.7. The van der Waals surface area contributed by atoms with Crippen molar-refractivity contribution in [2.24, 2.45) is 0 Å². The average Bonchev–Trinajstić information content (AvgIpc) is 3.08. The molecule has 0 bridgehead atoms. The second-order valence-corrected chi connectivity index (χ2v) is 9.81. The Bertz CT molecular complexity index is 1400. The predicted molar refractivity (Wildman–Crippen MR) is 147 cm³/mol. The van der Waals surface area contributed by atoms with Gasteiger partial charge >= 0.3 is 12.1 Å². The zero-order valence-corrected chi connectivity index (χ0v) is 21.8. The highest BCUT2D eigenvalue weighted by Crippen LogP contribution is 2.48. The zero-order valence-electron chi connectivity index (χ0n) is 21.8. The number of rotatable bonds is 5. The topological polar surface area (TPSA) is 52.7 Å². The molecule has 3 aromatic carbocycles. The number of carbonyl (C=O) groups is 2. The van der Waals surface area contributed by atoms with Gasteiger partial charge in [-0.05, 0) is 61.6 Å². The van der Waals surface area contributed by atoms with Gasteiger partial charge in [0.05, 0.1) is 17.4 Å². The molecule has 0 saturated carbocycles. The van der Waals surface area contributed by atoms with Crippen LogP contribution in [0.5, 0.6) is 0 Å². The first-order valence-corrected chi connectivity index (χ1v) is 13.1. The van der Waals surface area contributed by atoms with E-state index in [9.17, 15) is 22.8 Å². The fraction of sp³-hybridized carbons (Fsp3) is 0.290. The molecule has 2 atom stereocenters. The third kappa shape index (κ3) is 5.03. The van der Waals surface area contributed by atoms with Crippen LogP contribution in [-0.4, -0.2) is 31.0 Å². The largest absolute Gasteiger partial charge is 0.471 e. The molecule has 202 valence electrons. The summed E-state index contributed by atoms with van der Waals surface area (Å²) < 4.78 is 41.9. The smallest absolute Gasteiger partial charge is 0.372 e. The first kappa shape index (κ1) is 26.5. The van der Waals surface area contributed by atoms with Gasteiger partial charge in [-0.1, -0.05) is 54.6 Å². The summed E-state index contributed by atoms with van der Waals surface area (Å²) >= 11 is 0. The molecule has 39 heavy (non-hydrogen) atoms. The van der Waals surface area contributed by atoms with E-state index in [1.807, 2.05) is 24.3 Å². The van der Waals surface area contributed by atoms with Gasteiger partial charge in [-0.15, -0.1) is 0 Å².